The lowest BCUT2D eigenvalue weighted by atomic mass is 10.1. The van der Waals surface area contributed by atoms with E-state index in [9.17, 15) is 4.79 Å². The van der Waals surface area contributed by atoms with Crippen LogP contribution in [0, 0.1) is 6.92 Å². The molecule has 1 N–H and O–H groups in total. The highest BCUT2D eigenvalue weighted by atomic mass is 32.2. The predicted octanol–water partition coefficient (Wildman–Crippen LogP) is 5.02. The second-order valence-corrected chi connectivity index (χ2v) is 9.57. The number of ether oxygens (including phenoxy) is 1. The van der Waals surface area contributed by atoms with E-state index in [1.54, 1.807) is 13.3 Å². The van der Waals surface area contributed by atoms with E-state index in [-0.39, 0.29) is 11.2 Å². The predicted molar refractivity (Wildman–Crippen MR) is 145 cm³/mol. The van der Waals surface area contributed by atoms with E-state index in [1.807, 2.05) is 72.4 Å². The van der Waals surface area contributed by atoms with Crippen molar-refractivity contribution in [2.45, 2.75) is 18.6 Å². The summed E-state index contributed by atoms with van der Waals surface area (Å²) in [5.41, 5.74) is 5.76. The average Bonchev–Trinajstić information content (AvgIpc) is 3.49. The molecule has 180 valence electrons. The molecular weight excluding hydrogens is 470 g/mol. The number of thioether (sulfide) groups is 1. The SMILES string of the molecule is COc1ccc(-c2nn(-c3ccccc3)cc2/C=N/N=C2\NC(=O)C(Cc3ccc(C)cc3)S2)cc1. The number of amides is 1. The van der Waals surface area contributed by atoms with Crippen LogP contribution in [-0.2, 0) is 11.2 Å². The van der Waals surface area contributed by atoms with Gasteiger partial charge >= 0.3 is 0 Å². The van der Waals surface area contributed by atoms with Crippen LogP contribution in [-0.4, -0.2) is 39.4 Å². The van der Waals surface area contributed by atoms with E-state index in [2.05, 4.69) is 39.8 Å². The summed E-state index contributed by atoms with van der Waals surface area (Å²) >= 11 is 1.40. The highest BCUT2D eigenvalue weighted by Crippen LogP contribution is 2.26. The molecule has 0 saturated carbocycles. The maximum atomic E-state index is 12.5. The van der Waals surface area contributed by atoms with E-state index in [1.165, 1.54) is 17.3 Å². The molecule has 0 spiro atoms. The average molecular weight is 496 g/mol. The summed E-state index contributed by atoms with van der Waals surface area (Å²) in [5, 5.41) is 16.5. The molecule has 1 fully saturated rings. The minimum absolute atomic E-state index is 0.0506. The van der Waals surface area contributed by atoms with Crippen molar-refractivity contribution in [2.24, 2.45) is 10.2 Å². The van der Waals surface area contributed by atoms with Gasteiger partial charge in [-0.2, -0.15) is 10.2 Å². The number of hydrogen-bond acceptors (Lipinski definition) is 6. The fourth-order valence-corrected chi connectivity index (χ4v) is 4.80. The van der Waals surface area contributed by atoms with Crippen LogP contribution in [0.2, 0.25) is 0 Å². The number of carbonyl (C=O) groups excluding carboxylic acids is 1. The smallest absolute Gasteiger partial charge is 0.239 e. The summed E-state index contributed by atoms with van der Waals surface area (Å²) in [4.78, 5) is 12.5. The first kappa shape index (κ1) is 23.6. The zero-order valence-corrected chi connectivity index (χ0v) is 20.8. The van der Waals surface area contributed by atoms with Gasteiger partial charge in [0.25, 0.3) is 0 Å². The molecule has 7 nitrogen and oxygen atoms in total. The lowest BCUT2D eigenvalue weighted by molar-refractivity contribution is -0.118. The summed E-state index contributed by atoms with van der Waals surface area (Å²) in [7, 11) is 1.64. The molecule has 1 atom stereocenters. The monoisotopic (exact) mass is 495 g/mol. The number of nitrogens with one attached hydrogen (secondary N) is 1. The first-order valence-electron chi connectivity index (χ1n) is 11.5. The molecule has 1 aliphatic rings. The molecule has 0 radical (unpaired) electrons. The topological polar surface area (TPSA) is 80.9 Å². The molecule has 0 bridgehead atoms. The van der Waals surface area contributed by atoms with Crippen molar-refractivity contribution in [1.82, 2.24) is 15.1 Å². The van der Waals surface area contributed by atoms with Crippen LogP contribution < -0.4 is 10.1 Å². The third-order valence-electron chi connectivity index (χ3n) is 5.79. The van der Waals surface area contributed by atoms with Crippen LogP contribution in [0.1, 0.15) is 16.7 Å². The van der Waals surface area contributed by atoms with Crippen molar-refractivity contribution in [2.75, 3.05) is 7.11 Å². The minimum Gasteiger partial charge on any atom is -0.497 e. The van der Waals surface area contributed by atoms with E-state index in [0.717, 1.165) is 33.8 Å². The zero-order chi connectivity index (χ0) is 24.9. The molecular formula is C28H25N5O2S. The molecule has 1 saturated heterocycles. The van der Waals surface area contributed by atoms with Crippen molar-refractivity contribution in [3.63, 3.8) is 0 Å². The van der Waals surface area contributed by atoms with Crippen molar-refractivity contribution in [1.29, 1.82) is 0 Å². The van der Waals surface area contributed by atoms with Crippen LogP contribution in [0.3, 0.4) is 0 Å². The summed E-state index contributed by atoms with van der Waals surface area (Å²) in [6, 6.07) is 25.8. The number of hydrogen-bond donors (Lipinski definition) is 1. The summed E-state index contributed by atoms with van der Waals surface area (Å²) in [6.07, 6.45) is 4.23. The molecule has 4 aromatic rings. The van der Waals surface area contributed by atoms with Crippen LogP contribution >= 0.6 is 11.8 Å². The number of carbonyl (C=O) groups is 1. The van der Waals surface area contributed by atoms with Gasteiger partial charge in [0.1, 0.15) is 11.4 Å². The molecule has 1 aromatic heterocycles. The fourth-order valence-electron chi connectivity index (χ4n) is 3.84. The number of amidine groups is 1. The van der Waals surface area contributed by atoms with Gasteiger partial charge < -0.3 is 10.1 Å². The van der Waals surface area contributed by atoms with E-state index >= 15 is 0 Å². The lowest BCUT2D eigenvalue weighted by Crippen LogP contribution is -2.25. The summed E-state index contributed by atoms with van der Waals surface area (Å²) in [5.74, 6) is 0.724. The molecule has 0 aliphatic carbocycles. The minimum atomic E-state index is -0.225. The lowest BCUT2D eigenvalue weighted by Gasteiger charge is -2.05. The van der Waals surface area contributed by atoms with Gasteiger partial charge in [0, 0.05) is 17.3 Å². The highest BCUT2D eigenvalue weighted by molar-refractivity contribution is 8.15. The first-order valence-corrected chi connectivity index (χ1v) is 12.4. The Balaban J connectivity index is 1.37. The Morgan fingerprint density at radius 2 is 1.81 bits per heavy atom. The number of benzene rings is 3. The second kappa shape index (κ2) is 10.6. The van der Waals surface area contributed by atoms with E-state index in [0.29, 0.717) is 11.6 Å². The van der Waals surface area contributed by atoms with Crippen molar-refractivity contribution >= 4 is 29.1 Å². The number of nitrogens with zero attached hydrogens (tertiary/aromatic N) is 4. The molecule has 2 heterocycles. The maximum Gasteiger partial charge on any atom is 0.239 e. The van der Waals surface area contributed by atoms with Gasteiger partial charge in [0.15, 0.2) is 5.17 Å². The van der Waals surface area contributed by atoms with Gasteiger partial charge in [-0.3, -0.25) is 4.79 Å². The standard InChI is InChI=1S/C28H25N5O2S/c1-19-8-10-20(11-9-19)16-25-27(34)30-28(36-25)31-29-17-22-18-33(23-6-4-3-5-7-23)32-26(22)21-12-14-24(35-2)15-13-21/h3-15,17-18,25H,16H2,1-2H3,(H,30,31,34)/b29-17+. The Morgan fingerprint density at radius 3 is 2.53 bits per heavy atom. The molecule has 8 heteroatoms. The Morgan fingerprint density at radius 1 is 1.06 bits per heavy atom. The van der Waals surface area contributed by atoms with Gasteiger partial charge in [-0.1, -0.05) is 59.8 Å². The zero-order valence-electron chi connectivity index (χ0n) is 20.0. The van der Waals surface area contributed by atoms with Gasteiger partial charge in [-0.25, -0.2) is 4.68 Å². The van der Waals surface area contributed by atoms with Crippen molar-refractivity contribution in [3.05, 3.63) is 102 Å². The van der Waals surface area contributed by atoms with E-state index in [4.69, 9.17) is 9.84 Å². The van der Waals surface area contributed by atoms with Crippen molar-refractivity contribution < 1.29 is 9.53 Å². The quantitative estimate of drug-likeness (QED) is 0.288. The molecule has 3 aromatic carbocycles. The van der Waals surface area contributed by atoms with E-state index < -0.39 is 0 Å². The number of aryl methyl sites for hydroxylation is 1. The van der Waals surface area contributed by atoms with Crippen LogP contribution in [0.4, 0.5) is 0 Å². The second-order valence-electron chi connectivity index (χ2n) is 8.38. The Kier molecular flexibility index (Phi) is 6.95. The summed E-state index contributed by atoms with van der Waals surface area (Å²) in [6.45, 7) is 2.05. The third kappa shape index (κ3) is 5.39. The highest BCUT2D eigenvalue weighted by Gasteiger charge is 2.30. The number of methoxy groups -OCH3 is 1. The molecule has 1 amide bonds. The molecule has 1 unspecified atom stereocenters. The van der Waals surface area contributed by atoms with Gasteiger partial charge in [0.2, 0.25) is 5.91 Å². The van der Waals surface area contributed by atoms with Crippen LogP contribution in [0.5, 0.6) is 5.75 Å². The number of para-hydroxylation sites is 1. The van der Waals surface area contributed by atoms with Crippen LogP contribution in [0.15, 0.2) is 95.3 Å². The number of rotatable bonds is 7. The maximum absolute atomic E-state index is 12.5. The Bertz CT molecular complexity index is 1410. The molecule has 5 rings (SSSR count). The number of aromatic nitrogens is 2. The third-order valence-corrected chi connectivity index (χ3v) is 6.86. The normalized spacial score (nSPS) is 16.6. The van der Waals surface area contributed by atoms with Gasteiger partial charge in [0.05, 0.1) is 24.3 Å². The largest absolute Gasteiger partial charge is 0.497 e. The Hall–Kier alpha value is -4.17. The van der Waals surface area contributed by atoms with Crippen LogP contribution in [0.25, 0.3) is 16.9 Å². The van der Waals surface area contributed by atoms with Gasteiger partial charge in [-0.05, 0) is 55.3 Å². The molecule has 36 heavy (non-hydrogen) atoms. The fraction of sp³-hybridized carbons (Fsp3) is 0.143. The molecule has 1 aliphatic heterocycles. The first-order chi connectivity index (χ1) is 17.6. The Labute approximate surface area is 213 Å². The van der Waals surface area contributed by atoms with Gasteiger partial charge in [-0.15, -0.1) is 5.10 Å². The summed E-state index contributed by atoms with van der Waals surface area (Å²) < 4.78 is 7.10. The van der Waals surface area contributed by atoms with Crippen molar-refractivity contribution in [3.8, 4) is 22.7 Å².